The Kier molecular flexibility index (Phi) is 4.62. The molecule has 3 heteroatoms. The zero-order valence-corrected chi connectivity index (χ0v) is 10.4. The molecule has 1 N–H and O–H groups in total. The standard InChI is InChI=1S/C13H20O3/c1-9(2)15-12-7-5-6-11(8-14)13(12)16-10(3)4/h5-7,9-10,14H,8H2,1-4H3. The van der Waals surface area contributed by atoms with Gasteiger partial charge >= 0.3 is 0 Å². The molecule has 0 heterocycles. The number of ether oxygens (including phenoxy) is 2. The Bertz CT molecular complexity index is 332. The molecule has 0 atom stereocenters. The van der Waals surface area contributed by atoms with Crippen LogP contribution in [0.3, 0.4) is 0 Å². The molecule has 0 spiro atoms. The van der Waals surface area contributed by atoms with E-state index in [1.807, 2.05) is 45.9 Å². The third-order valence-corrected chi connectivity index (χ3v) is 1.95. The highest BCUT2D eigenvalue weighted by Crippen LogP contribution is 2.32. The van der Waals surface area contributed by atoms with Crippen molar-refractivity contribution in [2.24, 2.45) is 0 Å². The van der Waals surface area contributed by atoms with Crippen LogP contribution in [0.2, 0.25) is 0 Å². The van der Waals surface area contributed by atoms with E-state index in [1.165, 1.54) is 0 Å². The molecule has 0 fully saturated rings. The van der Waals surface area contributed by atoms with Crippen molar-refractivity contribution in [1.82, 2.24) is 0 Å². The van der Waals surface area contributed by atoms with Gasteiger partial charge in [0.2, 0.25) is 0 Å². The van der Waals surface area contributed by atoms with Crippen molar-refractivity contribution in [2.45, 2.75) is 46.5 Å². The Balaban J connectivity index is 3.04. The molecule has 0 unspecified atom stereocenters. The lowest BCUT2D eigenvalue weighted by Gasteiger charge is -2.19. The summed E-state index contributed by atoms with van der Waals surface area (Å²) in [5, 5.41) is 9.25. The second-order valence-corrected chi connectivity index (χ2v) is 4.24. The van der Waals surface area contributed by atoms with Gasteiger partial charge in [-0.25, -0.2) is 0 Å². The van der Waals surface area contributed by atoms with Gasteiger partial charge in [0, 0.05) is 5.56 Å². The van der Waals surface area contributed by atoms with Gasteiger partial charge in [-0.15, -0.1) is 0 Å². The van der Waals surface area contributed by atoms with Gasteiger partial charge in [-0.3, -0.25) is 0 Å². The molecule has 0 saturated heterocycles. The summed E-state index contributed by atoms with van der Waals surface area (Å²) in [6.07, 6.45) is 0.144. The smallest absolute Gasteiger partial charge is 0.167 e. The number of aliphatic hydroxyl groups excluding tert-OH is 1. The van der Waals surface area contributed by atoms with Gasteiger partial charge in [-0.1, -0.05) is 12.1 Å². The Morgan fingerprint density at radius 3 is 2.19 bits per heavy atom. The molecule has 3 nitrogen and oxygen atoms in total. The second kappa shape index (κ2) is 5.75. The number of hydrogen-bond acceptors (Lipinski definition) is 3. The first kappa shape index (κ1) is 12.8. The molecule has 0 saturated carbocycles. The molecule has 16 heavy (non-hydrogen) atoms. The summed E-state index contributed by atoms with van der Waals surface area (Å²) < 4.78 is 11.3. The highest BCUT2D eigenvalue weighted by molar-refractivity contribution is 5.46. The monoisotopic (exact) mass is 224 g/mol. The summed E-state index contributed by atoms with van der Waals surface area (Å²) in [6.45, 7) is 7.79. The van der Waals surface area contributed by atoms with Gasteiger partial charge < -0.3 is 14.6 Å². The van der Waals surface area contributed by atoms with E-state index in [9.17, 15) is 5.11 Å². The normalized spacial score (nSPS) is 10.9. The van der Waals surface area contributed by atoms with E-state index in [1.54, 1.807) is 0 Å². The number of hydrogen-bond donors (Lipinski definition) is 1. The third-order valence-electron chi connectivity index (χ3n) is 1.95. The summed E-state index contributed by atoms with van der Waals surface area (Å²) in [6, 6.07) is 5.55. The Morgan fingerprint density at radius 2 is 1.69 bits per heavy atom. The van der Waals surface area contributed by atoms with E-state index in [0.29, 0.717) is 11.5 Å². The van der Waals surface area contributed by atoms with Crippen LogP contribution in [0.5, 0.6) is 11.5 Å². The van der Waals surface area contributed by atoms with Crippen molar-refractivity contribution in [3.63, 3.8) is 0 Å². The maximum Gasteiger partial charge on any atom is 0.167 e. The first-order chi connectivity index (χ1) is 7.54. The topological polar surface area (TPSA) is 38.7 Å². The van der Waals surface area contributed by atoms with E-state index in [4.69, 9.17) is 9.47 Å². The Morgan fingerprint density at radius 1 is 1.06 bits per heavy atom. The summed E-state index contributed by atoms with van der Waals surface area (Å²) in [4.78, 5) is 0. The van der Waals surface area contributed by atoms with E-state index in [2.05, 4.69) is 0 Å². The van der Waals surface area contributed by atoms with Crippen molar-refractivity contribution < 1.29 is 14.6 Å². The first-order valence-corrected chi connectivity index (χ1v) is 5.60. The highest BCUT2D eigenvalue weighted by Gasteiger charge is 2.12. The summed E-state index contributed by atoms with van der Waals surface area (Å²) in [5.41, 5.74) is 0.756. The van der Waals surface area contributed by atoms with Crippen LogP contribution >= 0.6 is 0 Å². The van der Waals surface area contributed by atoms with E-state index >= 15 is 0 Å². The largest absolute Gasteiger partial charge is 0.487 e. The summed E-state index contributed by atoms with van der Waals surface area (Å²) in [5.74, 6) is 1.34. The predicted molar refractivity (Wildman–Crippen MR) is 63.9 cm³/mol. The van der Waals surface area contributed by atoms with Gasteiger partial charge in [-0.05, 0) is 33.8 Å². The van der Waals surface area contributed by atoms with Crippen LogP contribution in [0.15, 0.2) is 18.2 Å². The van der Waals surface area contributed by atoms with Gasteiger partial charge in [0.15, 0.2) is 11.5 Å². The van der Waals surface area contributed by atoms with Gasteiger partial charge in [0.25, 0.3) is 0 Å². The molecule has 0 aromatic heterocycles. The SMILES string of the molecule is CC(C)Oc1cccc(CO)c1OC(C)C. The average Bonchev–Trinajstić information content (AvgIpc) is 2.19. The zero-order chi connectivity index (χ0) is 12.1. The Hall–Kier alpha value is -1.22. The molecule has 0 bridgehead atoms. The van der Waals surface area contributed by atoms with Crippen LogP contribution in [0.4, 0.5) is 0 Å². The fourth-order valence-corrected chi connectivity index (χ4v) is 1.40. The summed E-state index contributed by atoms with van der Waals surface area (Å²) in [7, 11) is 0. The molecule has 0 aliphatic heterocycles. The highest BCUT2D eigenvalue weighted by atomic mass is 16.5. The second-order valence-electron chi connectivity index (χ2n) is 4.24. The van der Waals surface area contributed by atoms with Crippen LogP contribution in [0.25, 0.3) is 0 Å². The van der Waals surface area contributed by atoms with E-state index in [0.717, 1.165) is 5.56 Å². The molecule has 0 radical (unpaired) electrons. The lowest BCUT2D eigenvalue weighted by atomic mass is 10.2. The fraction of sp³-hybridized carbons (Fsp3) is 0.538. The number of rotatable bonds is 5. The van der Waals surface area contributed by atoms with Crippen molar-refractivity contribution in [3.8, 4) is 11.5 Å². The van der Waals surface area contributed by atoms with Crippen LogP contribution in [0.1, 0.15) is 33.3 Å². The average molecular weight is 224 g/mol. The molecule has 0 amide bonds. The number of para-hydroxylation sites is 1. The van der Waals surface area contributed by atoms with Crippen molar-refractivity contribution in [1.29, 1.82) is 0 Å². The van der Waals surface area contributed by atoms with Crippen LogP contribution < -0.4 is 9.47 Å². The van der Waals surface area contributed by atoms with Crippen LogP contribution in [-0.2, 0) is 6.61 Å². The van der Waals surface area contributed by atoms with Crippen molar-refractivity contribution in [3.05, 3.63) is 23.8 Å². The van der Waals surface area contributed by atoms with Crippen molar-refractivity contribution in [2.75, 3.05) is 0 Å². The maximum absolute atomic E-state index is 9.25. The minimum atomic E-state index is -0.0443. The fourth-order valence-electron chi connectivity index (χ4n) is 1.40. The third kappa shape index (κ3) is 3.42. The minimum Gasteiger partial charge on any atom is -0.487 e. The lowest BCUT2D eigenvalue weighted by Crippen LogP contribution is -2.12. The zero-order valence-electron chi connectivity index (χ0n) is 10.4. The molecule has 1 rings (SSSR count). The number of aliphatic hydroxyl groups is 1. The van der Waals surface area contributed by atoms with Gasteiger partial charge in [0.1, 0.15) is 0 Å². The lowest BCUT2D eigenvalue weighted by molar-refractivity contribution is 0.190. The molecule has 90 valence electrons. The van der Waals surface area contributed by atoms with Crippen LogP contribution in [0, 0.1) is 0 Å². The van der Waals surface area contributed by atoms with Gasteiger partial charge in [-0.2, -0.15) is 0 Å². The quantitative estimate of drug-likeness (QED) is 0.835. The van der Waals surface area contributed by atoms with Crippen LogP contribution in [-0.4, -0.2) is 17.3 Å². The van der Waals surface area contributed by atoms with Gasteiger partial charge in [0.05, 0.1) is 18.8 Å². The molecule has 1 aromatic rings. The molecule has 0 aliphatic rings. The molecular weight excluding hydrogens is 204 g/mol. The number of benzene rings is 1. The molecule has 0 aliphatic carbocycles. The summed E-state index contributed by atoms with van der Waals surface area (Å²) >= 11 is 0. The van der Waals surface area contributed by atoms with E-state index < -0.39 is 0 Å². The first-order valence-electron chi connectivity index (χ1n) is 5.60. The molecule has 1 aromatic carbocycles. The van der Waals surface area contributed by atoms with E-state index in [-0.39, 0.29) is 18.8 Å². The maximum atomic E-state index is 9.25. The molecular formula is C13H20O3. The predicted octanol–water partition coefficient (Wildman–Crippen LogP) is 2.75. The minimum absolute atomic E-state index is 0.0443. The Labute approximate surface area is 97.0 Å². The van der Waals surface area contributed by atoms with Crippen molar-refractivity contribution >= 4 is 0 Å².